The Labute approximate surface area is 97.9 Å². The van der Waals surface area contributed by atoms with Crippen LogP contribution in [0.15, 0.2) is 30.5 Å². The average Bonchev–Trinajstić information content (AvgIpc) is 2.28. The number of esters is 1. The van der Waals surface area contributed by atoms with Crippen molar-refractivity contribution in [3.8, 4) is 0 Å². The lowest BCUT2D eigenvalue weighted by molar-refractivity contribution is -0.138. The van der Waals surface area contributed by atoms with Crippen molar-refractivity contribution in [2.24, 2.45) is 0 Å². The summed E-state index contributed by atoms with van der Waals surface area (Å²) in [7, 11) is 0. The van der Waals surface area contributed by atoms with Crippen LogP contribution in [0.5, 0.6) is 0 Å². The Bertz CT molecular complexity index is 443. The number of Topliss-reactive ketones (excluding diaryl/α,β-unsaturated/α-hetero) is 1. The SMILES string of the molecule is C=C(C(=O)OCC)C(=O)c1cccnc1Cl. The second kappa shape index (κ2) is 5.42. The molecule has 84 valence electrons. The molecule has 5 heteroatoms. The highest BCUT2D eigenvalue weighted by atomic mass is 35.5. The van der Waals surface area contributed by atoms with Crippen LogP contribution in [0, 0.1) is 0 Å². The van der Waals surface area contributed by atoms with Crippen LogP contribution in [-0.2, 0) is 9.53 Å². The van der Waals surface area contributed by atoms with Gasteiger partial charge in [-0.1, -0.05) is 18.2 Å². The van der Waals surface area contributed by atoms with Crippen molar-refractivity contribution in [2.45, 2.75) is 6.92 Å². The molecule has 0 saturated heterocycles. The zero-order valence-electron chi connectivity index (χ0n) is 8.70. The summed E-state index contributed by atoms with van der Waals surface area (Å²) in [5.74, 6) is -1.32. The van der Waals surface area contributed by atoms with Gasteiger partial charge in [-0.2, -0.15) is 0 Å². The quantitative estimate of drug-likeness (QED) is 0.201. The maximum atomic E-state index is 11.8. The molecule has 0 bridgehead atoms. The van der Waals surface area contributed by atoms with Gasteiger partial charge in [0.25, 0.3) is 0 Å². The van der Waals surface area contributed by atoms with Crippen molar-refractivity contribution >= 4 is 23.4 Å². The van der Waals surface area contributed by atoms with E-state index in [9.17, 15) is 9.59 Å². The van der Waals surface area contributed by atoms with Crippen LogP contribution >= 0.6 is 11.6 Å². The van der Waals surface area contributed by atoms with Gasteiger partial charge < -0.3 is 4.74 Å². The first-order valence-electron chi connectivity index (χ1n) is 4.59. The second-order valence-electron chi connectivity index (χ2n) is 2.87. The molecule has 1 aromatic heterocycles. The first-order valence-corrected chi connectivity index (χ1v) is 4.97. The van der Waals surface area contributed by atoms with Crippen molar-refractivity contribution in [2.75, 3.05) is 6.61 Å². The summed E-state index contributed by atoms with van der Waals surface area (Å²) in [6.07, 6.45) is 1.45. The standard InChI is InChI=1S/C11H10ClNO3/c1-3-16-11(15)7(2)9(14)8-5-4-6-13-10(8)12/h4-6H,2-3H2,1H3. The van der Waals surface area contributed by atoms with E-state index in [4.69, 9.17) is 11.6 Å². The number of nitrogens with zero attached hydrogens (tertiary/aromatic N) is 1. The number of ketones is 1. The van der Waals surface area contributed by atoms with Gasteiger partial charge in [-0.25, -0.2) is 9.78 Å². The Hall–Kier alpha value is -1.68. The first kappa shape index (κ1) is 12.4. The Balaban J connectivity index is 2.91. The summed E-state index contributed by atoms with van der Waals surface area (Å²) >= 11 is 5.72. The maximum absolute atomic E-state index is 11.8. The van der Waals surface area contributed by atoms with Crippen LogP contribution in [0.4, 0.5) is 0 Å². The van der Waals surface area contributed by atoms with Gasteiger partial charge in [0.15, 0.2) is 0 Å². The third kappa shape index (κ3) is 2.67. The van der Waals surface area contributed by atoms with Gasteiger partial charge in [0.1, 0.15) is 10.7 Å². The van der Waals surface area contributed by atoms with E-state index in [-0.39, 0.29) is 22.9 Å². The van der Waals surface area contributed by atoms with Gasteiger partial charge in [-0.15, -0.1) is 0 Å². The molecule has 16 heavy (non-hydrogen) atoms. The molecule has 0 unspecified atom stereocenters. The lowest BCUT2D eigenvalue weighted by Crippen LogP contribution is -2.15. The largest absolute Gasteiger partial charge is 0.462 e. The lowest BCUT2D eigenvalue weighted by atomic mass is 10.1. The number of pyridine rings is 1. The Morgan fingerprint density at radius 1 is 1.56 bits per heavy atom. The third-order valence-corrected chi connectivity index (χ3v) is 2.10. The topological polar surface area (TPSA) is 56.3 Å². The van der Waals surface area contributed by atoms with E-state index in [0.29, 0.717) is 0 Å². The van der Waals surface area contributed by atoms with Crippen molar-refractivity contribution in [1.29, 1.82) is 0 Å². The highest BCUT2D eigenvalue weighted by molar-refractivity contribution is 6.35. The van der Waals surface area contributed by atoms with Crippen LogP contribution < -0.4 is 0 Å². The molecule has 0 aliphatic carbocycles. The molecule has 0 N–H and O–H groups in total. The number of carbonyl (C=O) groups excluding carboxylic acids is 2. The number of aromatic nitrogens is 1. The van der Waals surface area contributed by atoms with Gasteiger partial charge in [0.2, 0.25) is 5.78 Å². The number of hydrogen-bond acceptors (Lipinski definition) is 4. The molecule has 0 aromatic carbocycles. The Morgan fingerprint density at radius 2 is 2.25 bits per heavy atom. The normalized spacial score (nSPS) is 9.62. The minimum Gasteiger partial charge on any atom is -0.462 e. The molecule has 0 spiro atoms. The van der Waals surface area contributed by atoms with E-state index in [2.05, 4.69) is 16.3 Å². The summed E-state index contributed by atoms with van der Waals surface area (Å²) in [4.78, 5) is 26.8. The summed E-state index contributed by atoms with van der Waals surface area (Å²) in [5, 5.41) is 0.0398. The highest BCUT2D eigenvalue weighted by Crippen LogP contribution is 2.16. The number of ether oxygens (including phenoxy) is 1. The molecular formula is C11H10ClNO3. The van der Waals surface area contributed by atoms with Crippen LogP contribution in [0.25, 0.3) is 0 Å². The van der Waals surface area contributed by atoms with E-state index < -0.39 is 11.8 Å². The number of carbonyl (C=O) groups is 2. The maximum Gasteiger partial charge on any atom is 0.341 e. The Kier molecular flexibility index (Phi) is 4.19. The van der Waals surface area contributed by atoms with Gasteiger partial charge in [0.05, 0.1) is 12.2 Å². The van der Waals surface area contributed by atoms with Crippen molar-refractivity contribution in [1.82, 2.24) is 4.98 Å². The Morgan fingerprint density at radius 3 is 2.81 bits per heavy atom. The van der Waals surface area contributed by atoms with Gasteiger partial charge in [-0.05, 0) is 19.1 Å². The monoisotopic (exact) mass is 239 g/mol. The van der Waals surface area contributed by atoms with E-state index >= 15 is 0 Å². The van der Waals surface area contributed by atoms with Crippen LogP contribution in [0.1, 0.15) is 17.3 Å². The van der Waals surface area contributed by atoms with E-state index in [0.717, 1.165) is 0 Å². The third-order valence-electron chi connectivity index (χ3n) is 1.80. The van der Waals surface area contributed by atoms with Crippen LogP contribution in [0.2, 0.25) is 5.15 Å². The van der Waals surface area contributed by atoms with Crippen molar-refractivity contribution < 1.29 is 14.3 Å². The molecule has 1 rings (SSSR count). The predicted octanol–water partition coefficient (Wildman–Crippen LogP) is 2.04. The molecule has 0 aliphatic heterocycles. The zero-order chi connectivity index (χ0) is 12.1. The predicted molar refractivity (Wildman–Crippen MR) is 59.4 cm³/mol. The number of rotatable bonds is 4. The van der Waals surface area contributed by atoms with E-state index in [1.165, 1.54) is 12.3 Å². The molecule has 0 amide bonds. The lowest BCUT2D eigenvalue weighted by Gasteiger charge is -2.05. The molecule has 0 radical (unpaired) electrons. The van der Waals surface area contributed by atoms with Crippen molar-refractivity contribution in [3.05, 3.63) is 41.2 Å². The van der Waals surface area contributed by atoms with Crippen LogP contribution in [0.3, 0.4) is 0 Å². The molecule has 4 nitrogen and oxygen atoms in total. The van der Waals surface area contributed by atoms with Gasteiger partial charge in [0, 0.05) is 6.20 Å². The van der Waals surface area contributed by atoms with Gasteiger partial charge >= 0.3 is 5.97 Å². The minimum atomic E-state index is -0.743. The summed E-state index contributed by atoms with van der Waals surface area (Å²) in [6, 6.07) is 3.03. The molecule has 0 aliphatic rings. The number of halogens is 1. The smallest absolute Gasteiger partial charge is 0.341 e. The van der Waals surface area contributed by atoms with Crippen LogP contribution in [-0.4, -0.2) is 23.3 Å². The average molecular weight is 240 g/mol. The fraction of sp³-hybridized carbons (Fsp3) is 0.182. The summed E-state index contributed by atoms with van der Waals surface area (Å²) in [6.45, 7) is 5.21. The molecular weight excluding hydrogens is 230 g/mol. The minimum absolute atomic E-state index is 0.0398. The van der Waals surface area contributed by atoms with E-state index in [1.807, 2.05) is 0 Å². The first-order chi connectivity index (χ1) is 7.57. The molecule has 1 heterocycles. The summed E-state index contributed by atoms with van der Waals surface area (Å²) in [5.41, 5.74) is -0.112. The van der Waals surface area contributed by atoms with E-state index in [1.54, 1.807) is 13.0 Å². The number of hydrogen-bond donors (Lipinski definition) is 0. The van der Waals surface area contributed by atoms with Gasteiger partial charge in [-0.3, -0.25) is 4.79 Å². The molecule has 1 aromatic rings. The van der Waals surface area contributed by atoms with Crippen molar-refractivity contribution in [3.63, 3.8) is 0 Å². The molecule has 0 fully saturated rings. The zero-order valence-corrected chi connectivity index (χ0v) is 9.45. The highest BCUT2D eigenvalue weighted by Gasteiger charge is 2.20. The fourth-order valence-corrected chi connectivity index (χ4v) is 1.23. The second-order valence-corrected chi connectivity index (χ2v) is 3.23. The molecule has 0 saturated carbocycles. The fourth-order valence-electron chi connectivity index (χ4n) is 1.03. The molecule has 0 atom stereocenters. The summed E-state index contributed by atoms with van der Waals surface area (Å²) < 4.78 is 4.66.